The first-order valence-corrected chi connectivity index (χ1v) is 11.7. The summed E-state index contributed by atoms with van der Waals surface area (Å²) in [5, 5.41) is 6.06. The molecule has 2 heterocycles. The third kappa shape index (κ3) is 7.19. The Morgan fingerprint density at radius 1 is 1.10 bits per heavy atom. The van der Waals surface area contributed by atoms with Crippen LogP contribution < -0.4 is 25.3 Å². The van der Waals surface area contributed by atoms with E-state index < -0.39 is 0 Å². The molecule has 2 amide bonds. The number of carbonyl (C=O) groups is 2. The number of morpholine rings is 1. The fourth-order valence-corrected chi connectivity index (χ4v) is 4.24. The number of unbranched alkanes of at least 4 members (excludes halogenated alkanes) is 1. The number of hydrogen-bond donors (Lipinski definition) is 4. The standard InChI is InChI=1S/C23H37N5O3/c1-3-4-9-24-22(29)18-26-10-12-27(13-11-26)19(2)23(30)25-20-5-7-21(8-6-20)28-14-16-31-17-15-28/h5-8,19H,3-4,9-18H2,1-2H3,(H,24,29)(H,25,30)/p+2/t19-/m1/s1. The van der Waals surface area contributed by atoms with Gasteiger partial charge in [0.25, 0.3) is 11.8 Å². The van der Waals surface area contributed by atoms with Crippen LogP contribution in [0.1, 0.15) is 26.7 Å². The molecule has 0 aliphatic carbocycles. The molecule has 1 atom stereocenters. The molecule has 1 aromatic rings. The van der Waals surface area contributed by atoms with Crippen LogP contribution in [0.5, 0.6) is 0 Å². The molecule has 3 rings (SSSR count). The molecule has 0 aromatic heterocycles. The van der Waals surface area contributed by atoms with E-state index in [1.807, 2.05) is 19.1 Å². The van der Waals surface area contributed by atoms with Crippen LogP contribution in [0, 0.1) is 0 Å². The van der Waals surface area contributed by atoms with Crippen LogP contribution in [0.25, 0.3) is 0 Å². The maximum atomic E-state index is 12.8. The molecule has 2 aliphatic rings. The molecule has 0 unspecified atom stereocenters. The number of piperazine rings is 1. The molecule has 2 saturated heterocycles. The van der Waals surface area contributed by atoms with Gasteiger partial charge in [0.2, 0.25) is 0 Å². The summed E-state index contributed by atoms with van der Waals surface area (Å²) in [5.41, 5.74) is 2.00. The highest BCUT2D eigenvalue weighted by Gasteiger charge is 2.31. The van der Waals surface area contributed by atoms with Crippen LogP contribution in [0.15, 0.2) is 24.3 Å². The average molecular weight is 434 g/mol. The van der Waals surface area contributed by atoms with Gasteiger partial charge < -0.3 is 30.1 Å². The topological polar surface area (TPSA) is 79.5 Å². The van der Waals surface area contributed by atoms with Gasteiger partial charge in [-0.25, -0.2) is 0 Å². The molecular weight excluding hydrogens is 394 g/mol. The van der Waals surface area contributed by atoms with Gasteiger partial charge in [-0.2, -0.15) is 0 Å². The summed E-state index contributed by atoms with van der Waals surface area (Å²) in [6.45, 7) is 12.4. The van der Waals surface area contributed by atoms with Crippen LogP contribution >= 0.6 is 0 Å². The summed E-state index contributed by atoms with van der Waals surface area (Å²) in [4.78, 5) is 29.7. The highest BCUT2D eigenvalue weighted by molar-refractivity contribution is 5.93. The second-order valence-corrected chi connectivity index (χ2v) is 8.65. The van der Waals surface area contributed by atoms with Crippen molar-refractivity contribution in [3.05, 3.63) is 24.3 Å². The van der Waals surface area contributed by atoms with Gasteiger partial charge in [0, 0.05) is 31.0 Å². The number of nitrogens with one attached hydrogen (secondary N) is 4. The maximum absolute atomic E-state index is 12.8. The van der Waals surface area contributed by atoms with Gasteiger partial charge in [-0.3, -0.25) is 9.59 Å². The summed E-state index contributed by atoms with van der Waals surface area (Å²) < 4.78 is 5.40. The first kappa shape index (κ1) is 23.5. The number of carbonyl (C=O) groups excluding carboxylic acids is 2. The molecule has 4 N–H and O–H groups in total. The number of ether oxygens (including phenoxy) is 1. The third-order valence-electron chi connectivity index (χ3n) is 6.38. The number of anilines is 2. The van der Waals surface area contributed by atoms with Gasteiger partial charge in [-0.05, 0) is 37.6 Å². The lowest BCUT2D eigenvalue weighted by Gasteiger charge is -2.32. The highest BCUT2D eigenvalue weighted by Crippen LogP contribution is 2.19. The zero-order chi connectivity index (χ0) is 22.1. The minimum absolute atomic E-state index is 0.0508. The van der Waals surface area contributed by atoms with Crippen molar-refractivity contribution in [2.45, 2.75) is 32.7 Å². The molecular formula is C23H39N5O3+2. The Hall–Kier alpha value is -2.16. The quantitative estimate of drug-likeness (QED) is 0.360. The lowest BCUT2D eigenvalue weighted by Crippen LogP contribution is -3.30. The Morgan fingerprint density at radius 2 is 1.77 bits per heavy atom. The minimum Gasteiger partial charge on any atom is -0.378 e. The van der Waals surface area contributed by atoms with E-state index in [4.69, 9.17) is 4.74 Å². The van der Waals surface area contributed by atoms with Crippen LogP contribution in [-0.4, -0.2) is 83.4 Å². The second-order valence-electron chi connectivity index (χ2n) is 8.65. The molecule has 8 heteroatoms. The molecule has 8 nitrogen and oxygen atoms in total. The summed E-state index contributed by atoms with van der Waals surface area (Å²) in [5.74, 6) is 0.188. The summed E-state index contributed by atoms with van der Waals surface area (Å²) in [6, 6.07) is 7.96. The number of rotatable bonds is 9. The van der Waals surface area contributed by atoms with E-state index >= 15 is 0 Å². The van der Waals surface area contributed by atoms with E-state index in [1.54, 1.807) is 0 Å². The Bertz CT molecular complexity index is 698. The first-order chi connectivity index (χ1) is 15.1. The summed E-state index contributed by atoms with van der Waals surface area (Å²) in [7, 11) is 0. The number of nitrogens with zero attached hydrogens (tertiary/aromatic N) is 1. The van der Waals surface area contributed by atoms with E-state index in [0.29, 0.717) is 6.54 Å². The molecule has 0 saturated carbocycles. The highest BCUT2D eigenvalue weighted by atomic mass is 16.5. The summed E-state index contributed by atoms with van der Waals surface area (Å²) in [6.07, 6.45) is 2.12. The molecule has 0 radical (unpaired) electrons. The zero-order valence-corrected chi connectivity index (χ0v) is 19.0. The molecule has 0 spiro atoms. The predicted octanol–water partition coefficient (Wildman–Crippen LogP) is -1.45. The van der Waals surface area contributed by atoms with Crippen molar-refractivity contribution < 1.29 is 24.1 Å². The minimum atomic E-state index is -0.112. The van der Waals surface area contributed by atoms with Crippen LogP contribution in [0.3, 0.4) is 0 Å². The summed E-state index contributed by atoms with van der Waals surface area (Å²) >= 11 is 0. The lowest BCUT2D eigenvalue weighted by molar-refractivity contribution is -1.01. The number of hydrogen-bond acceptors (Lipinski definition) is 4. The molecule has 1 aromatic carbocycles. The molecule has 2 fully saturated rings. The predicted molar refractivity (Wildman–Crippen MR) is 122 cm³/mol. The van der Waals surface area contributed by atoms with E-state index in [2.05, 4.69) is 34.6 Å². The number of quaternary nitrogens is 2. The Labute approximate surface area is 185 Å². The molecule has 0 bridgehead atoms. The zero-order valence-electron chi connectivity index (χ0n) is 19.0. The Kier molecular flexibility index (Phi) is 9.12. The van der Waals surface area contributed by atoms with Crippen molar-refractivity contribution in [3.63, 3.8) is 0 Å². The van der Waals surface area contributed by atoms with E-state index in [9.17, 15) is 9.59 Å². The van der Waals surface area contributed by atoms with Crippen molar-refractivity contribution in [1.82, 2.24) is 5.32 Å². The first-order valence-electron chi connectivity index (χ1n) is 11.7. The van der Waals surface area contributed by atoms with Crippen LogP contribution in [0.2, 0.25) is 0 Å². The SMILES string of the molecule is CCCCNC(=O)C[NH+]1CC[NH+]([C@H](C)C(=O)Nc2ccc(N3CCOCC3)cc2)CC1. The Morgan fingerprint density at radius 3 is 2.42 bits per heavy atom. The second kappa shape index (κ2) is 12.0. The van der Waals surface area contributed by atoms with Gasteiger partial charge in [-0.1, -0.05) is 13.3 Å². The van der Waals surface area contributed by atoms with E-state index in [1.165, 1.54) is 9.80 Å². The van der Waals surface area contributed by atoms with Crippen molar-refractivity contribution in [2.75, 3.05) is 75.8 Å². The van der Waals surface area contributed by atoms with Crippen LogP contribution in [0.4, 0.5) is 11.4 Å². The Balaban J connectivity index is 1.40. The smallest absolute Gasteiger partial charge is 0.282 e. The van der Waals surface area contributed by atoms with Crippen molar-refractivity contribution in [1.29, 1.82) is 0 Å². The van der Waals surface area contributed by atoms with Crippen molar-refractivity contribution in [3.8, 4) is 0 Å². The maximum Gasteiger partial charge on any atom is 0.282 e. The largest absolute Gasteiger partial charge is 0.378 e. The lowest BCUT2D eigenvalue weighted by atomic mass is 10.2. The van der Waals surface area contributed by atoms with E-state index in [-0.39, 0.29) is 17.9 Å². The molecule has 31 heavy (non-hydrogen) atoms. The molecule has 2 aliphatic heterocycles. The molecule has 172 valence electrons. The fraction of sp³-hybridized carbons (Fsp3) is 0.652. The van der Waals surface area contributed by atoms with E-state index in [0.717, 1.165) is 83.2 Å². The average Bonchev–Trinajstić information content (AvgIpc) is 2.80. The third-order valence-corrected chi connectivity index (χ3v) is 6.38. The van der Waals surface area contributed by atoms with Gasteiger partial charge >= 0.3 is 0 Å². The number of amides is 2. The van der Waals surface area contributed by atoms with Gasteiger partial charge in [0.05, 0.1) is 13.2 Å². The monoisotopic (exact) mass is 433 g/mol. The normalized spacial score (nSPS) is 22.6. The van der Waals surface area contributed by atoms with Crippen LogP contribution in [-0.2, 0) is 14.3 Å². The fourth-order valence-electron chi connectivity index (χ4n) is 4.24. The van der Waals surface area contributed by atoms with Gasteiger partial charge in [0.1, 0.15) is 26.2 Å². The van der Waals surface area contributed by atoms with Crippen molar-refractivity contribution >= 4 is 23.2 Å². The van der Waals surface area contributed by atoms with Gasteiger partial charge in [0.15, 0.2) is 12.6 Å². The van der Waals surface area contributed by atoms with Crippen molar-refractivity contribution in [2.24, 2.45) is 0 Å². The van der Waals surface area contributed by atoms with Gasteiger partial charge in [-0.15, -0.1) is 0 Å². The number of benzene rings is 1.